The first-order valence-corrected chi connectivity index (χ1v) is 19.8. The van der Waals surface area contributed by atoms with Crippen LogP contribution in [-0.4, -0.2) is 5.78 Å². The highest BCUT2D eigenvalue weighted by molar-refractivity contribution is 6.17. The van der Waals surface area contributed by atoms with Gasteiger partial charge in [-0.05, 0) is 129 Å². The lowest BCUT2D eigenvalue weighted by molar-refractivity contribution is 0.104. The Morgan fingerprint density at radius 2 is 0.821 bits per heavy atom. The van der Waals surface area contributed by atoms with Crippen molar-refractivity contribution in [2.24, 2.45) is 0 Å². The zero-order valence-corrected chi connectivity index (χ0v) is 31.9. The van der Waals surface area contributed by atoms with Crippen molar-refractivity contribution in [3.63, 3.8) is 0 Å². The summed E-state index contributed by atoms with van der Waals surface area (Å²) in [6.45, 7) is 4.26. The van der Waals surface area contributed by atoms with Crippen molar-refractivity contribution < 1.29 is 4.79 Å². The molecule has 8 aromatic carbocycles. The van der Waals surface area contributed by atoms with E-state index in [1.807, 2.05) is 0 Å². The molecule has 0 fully saturated rings. The minimum atomic E-state index is 0.0604. The number of fused-ring (bicyclic) bond motifs is 6. The van der Waals surface area contributed by atoms with E-state index < -0.39 is 0 Å². The highest BCUT2D eigenvalue weighted by Gasteiger charge is 2.29. The number of hydrogen-bond donors (Lipinski definition) is 0. The van der Waals surface area contributed by atoms with Crippen LogP contribution in [0.3, 0.4) is 0 Å². The van der Waals surface area contributed by atoms with Gasteiger partial charge in [0, 0.05) is 11.1 Å². The van der Waals surface area contributed by atoms with Crippen LogP contribution in [0.5, 0.6) is 0 Å². The molecule has 0 aromatic heterocycles. The van der Waals surface area contributed by atoms with Gasteiger partial charge in [-0.15, -0.1) is 0 Å². The Balaban J connectivity index is 1.11. The summed E-state index contributed by atoms with van der Waals surface area (Å²) < 4.78 is 0. The molecule has 10 rings (SSSR count). The van der Waals surface area contributed by atoms with Crippen LogP contribution in [0.25, 0.3) is 44.5 Å². The highest BCUT2D eigenvalue weighted by atomic mass is 16.1. The van der Waals surface area contributed by atoms with Gasteiger partial charge in [0.15, 0.2) is 5.78 Å². The van der Waals surface area contributed by atoms with E-state index >= 15 is 4.79 Å². The van der Waals surface area contributed by atoms with Gasteiger partial charge in [-0.3, -0.25) is 4.79 Å². The molecule has 0 atom stereocenters. The summed E-state index contributed by atoms with van der Waals surface area (Å²) >= 11 is 0. The van der Waals surface area contributed by atoms with Gasteiger partial charge in [0.25, 0.3) is 0 Å². The SMILES string of the molecule is Cc1ccc(C(=O)c2ccc(C)cc2-c2ccc(Cc3ccccc3)c3c2Cc2ccccc2-3)c(-c2ccc(Cc3ccccc3)c3c2Cc2ccccc2-3)c1. The molecule has 268 valence electrons. The zero-order valence-electron chi connectivity index (χ0n) is 31.9. The van der Waals surface area contributed by atoms with E-state index in [9.17, 15) is 0 Å². The molecule has 0 heterocycles. The monoisotopic (exact) mass is 718 g/mol. The second-order valence-corrected chi connectivity index (χ2v) is 15.7. The molecule has 1 nitrogen and oxygen atoms in total. The smallest absolute Gasteiger partial charge is 0.194 e. The Bertz CT molecular complexity index is 2630. The van der Waals surface area contributed by atoms with Crippen LogP contribution in [-0.2, 0) is 25.7 Å². The quantitative estimate of drug-likeness (QED) is 0.143. The molecule has 0 radical (unpaired) electrons. The van der Waals surface area contributed by atoms with E-state index in [0.717, 1.165) is 70.2 Å². The van der Waals surface area contributed by atoms with Gasteiger partial charge < -0.3 is 0 Å². The van der Waals surface area contributed by atoms with Crippen LogP contribution in [0.15, 0.2) is 170 Å². The zero-order chi connectivity index (χ0) is 37.8. The number of aryl methyl sites for hydroxylation is 2. The molecule has 0 aliphatic heterocycles. The molecular formula is C55H42O. The van der Waals surface area contributed by atoms with Crippen LogP contribution in [0.2, 0.25) is 0 Å². The molecule has 8 aromatic rings. The average Bonchev–Trinajstić information content (AvgIpc) is 3.82. The van der Waals surface area contributed by atoms with Gasteiger partial charge in [-0.2, -0.15) is 0 Å². The predicted molar refractivity (Wildman–Crippen MR) is 232 cm³/mol. The van der Waals surface area contributed by atoms with Crippen molar-refractivity contribution in [1.82, 2.24) is 0 Å². The summed E-state index contributed by atoms with van der Waals surface area (Å²) in [4.78, 5) is 15.3. The minimum absolute atomic E-state index is 0.0604. The van der Waals surface area contributed by atoms with E-state index in [4.69, 9.17) is 0 Å². The second-order valence-electron chi connectivity index (χ2n) is 15.7. The molecule has 0 spiro atoms. The maximum Gasteiger partial charge on any atom is 0.194 e. The number of carbonyl (C=O) groups is 1. The van der Waals surface area contributed by atoms with Gasteiger partial charge in [0.2, 0.25) is 0 Å². The van der Waals surface area contributed by atoms with E-state index in [1.54, 1.807) is 0 Å². The molecule has 1 heteroatoms. The first kappa shape index (κ1) is 34.0. The fraction of sp³-hybridized carbons (Fsp3) is 0.109. The normalized spacial score (nSPS) is 12.2. The standard InChI is InChI=1S/C55H42O/c1-35-21-25-47(49(29-35)45-27-23-41(31-37-13-5-3-6-14-37)53-43-19-11-9-17-39(43)33-51(45)53)55(56)48-26-22-36(2)30-50(48)46-28-24-42(32-38-15-7-4-8-16-38)54-44-20-12-10-18-40(44)34-52(46)54/h3-30H,31-34H2,1-2H3. The van der Waals surface area contributed by atoms with Crippen molar-refractivity contribution >= 4 is 5.78 Å². The molecule has 0 saturated carbocycles. The predicted octanol–water partition coefficient (Wildman–Crippen LogP) is 13.2. The summed E-state index contributed by atoms with van der Waals surface area (Å²) in [7, 11) is 0. The second kappa shape index (κ2) is 13.9. The minimum Gasteiger partial charge on any atom is -0.289 e. The van der Waals surface area contributed by atoms with Crippen LogP contribution >= 0.6 is 0 Å². The van der Waals surface area contributed by atoms with Crippen molar-refractivity contribution in [2.45, 2.75) is 39.5 Å². The molecule has 56 heavy (non-hydrogen) atoms. The molecule has 0 bridgehead atoms. The molecule has 2 aliphatic carbocycles. The lowest BCUT2D eigenvalue weighted by atomic mass is 9.83. The Kier molecular flexibility index (Phi) is 8.45. The summed E-state index contributed by atoms with van der Waals surface area (Å²) in [5.74, 6) is 0.0604. The largest absolute Gasteiger partial charge is 0.289 e. The lowest BCUT2D eigenvalue weighted by Gasteiger charge is -2.19. The third-order valence-corrected chi connectivity index (χ3v) is 12.0. The maximum atomic E-state index is 15.3. The van der Waals surface area contributed by atoms with E-state index in [1.165, 1.54) is 66.8 Å². The van der Waals surface area contributed by atoms with Crippen LogP contribution in [0, 0.1) is 13.8 Å². The fourth-order valence-corrected chi connectivity index (χ4v) is 9.38. The van der Waals surface area contributed by atoms with Gasteiger partial charge in [-0.25, -0.2) is 0 Å². The number of ketones is 1. The van der Waals surface area contributed by atoms with Gasteiger partial charge >= 0.3 is 0 Å². The first-order chi connectivity index (χ1) is 27.5. The summed E-state index contributed by atoms with van der Waals surface area (Å²) in [6.07, 6.45) is 3.43. The molecule has 0 N–H and O–H groups in total. The fourth-order valence-electron chi connectivity index (χ4n) is 9.38. The van der Waals surface area contributed by atoms with Crippen molar-refractivity contribution in [3.05, 3.63) is 237 Å². The summed E-state index contributed by atoms with van der Waals surface area (Å²) in [5.41, 5.74) is 23.9. The van der Waals surface area contributed by atoms with Crippen molar-refractivity contribution in [3.8, 4) is 44.5 Å². The number of rotatable bonds is 8. The van der Waals surface area contributed by atoms with E-state index in [2.05, 4.69) is 184 Å². The summed E-state index contributed by atoms with van der Waals surface area (Å²) in [5, 5.41) is 0. The van der Waals surface area contributed by atoms with Crippen LogP contribution in [0.1, 0.15) is 71.6 Å². The van der Waals surface area contributed by atoms with E-state index in [0.29, 0.717) is 0 Å². The van der Waals surface area contributed by atoms with Gasteiger partial charge in [0.1, 0.15) is 0 Å². The Morgan fingerprint density at radius 1 is 0.411 bits per heavy atom. The third kappa shape index (κ3) is 5.92. The number of carbonyl (C=O) groups excluding carboxylic acids is 1. The molecule has 2 aliphatic rings. The van der Waals surface area contributed by atoms with Crippen molar-refractivity contribution in [2.75, 3.05) is 0 Å². The molecular weight excluding hydrogens is 677 g/mol. The topological polar surface area (TPSA) is 17.1 Å². The van der Waals surface area contributed by atoms with Crippen LogP contribution < -0.4 is 0 Å². The Hall–Kier alpha value is -6.57. The van der Waals surface area contributed by atoms with Crippen molar-refractivity contribution in [1.29, 1.82) is 0 Å². The van der Waals surface area contributed by atoms with Gasteiger partial charge in [0.05, 0.1) is 0 Å². The lowest BCUT2D eigenvalue weighted by Crippen LogP contribution is -2.08. The highest BCUT2D eigenvalue weighted by Crippen LogP contribution is 2.47. The average molecular weight is 719 g/mol. The maximum absolute atomic E-state index is 15.3. The molecule has 0 amide bonds. The number of benzene rings is 8. The Morgan fingerprint density at radius 3 is 1.27 bits per heavy atom. The van der Waals surface area contributed by atoms with Crippen LogP contribution in [0.4, 0.5) is 0 Å². The number of hydrogen-bond acceptors (Lipinski definition) is 1. The molecule has 0 saturated heterocycles. The summed E-state index contributed by atoms with van der Waals surface area (Å²) in [6, 6.07) is 61.0. The molecule has 0 unspecified atom stereocenters. The Labute approximate surface area is 330 Å². The van der Waals surface area contributed by atoms with E-state index in [-0.39, 0.29) is 5.78 Å². The third-order valence-electron chi connectivity index (χ3n) is 12.0. The van der Waals surface area contributed by atoms with Gasteiger partial charge in [-0.1, -0.05) is 181 Å². The first-order valence-electron chi connectivity index (χ1n) is 19.8.